The van der Waals surface area contributed by atoms with Gasteiger partial charge in [-0.3, -0.25) is 4.79 Å². The SMILES string of the molecule is CCCC(=O)COc1ccccc1OCC. The Balaban J connectivity index is 2.55. The second-order valence-electron chi connectivity index (χ2n) is 3.46. The van der Waals surface area contributed by atoms with E-state index in [1.807, 2.05) is 38.1 Å². The molecule has 3 nitrogen and oxygen atoms in total. The van der Waals surface area contributed by atoms with Crippen LogP contribution in [0.5, 0.6) is 11.5 Å². The molecule has 0 bridgehead atoms. The van der Waals surface area contributed by atoms with Crippen LogP contribution in [0.1, 0.15) is 26.7 Å². The number of rotatable bonds is 7. The first kappa shape index (κ1) is 12.6. The van der Waals surface area contributed by atoms with Crippen molar-refractivity contribution in [2.75, 3.05) is 13.2 Å². The third kappa shape index (κ3) is 3.93. The molecule has 0 N–H and O–H groups in total. The number of hydrogen-bond acceptors (Lipinski definition) is 3. The molecule has 0 aromatic heterocycles. The van der Waals surface area contributed by atoms with Gasteiger partial charge in [-0.1, -0.05) is 19.1 Å². The van der Waals surface area contributed by atoms with Gasteiger partial charge in [-0.2, -0.15) is 0 Å². The van der Waals surface area contributed by atoms with Gasteiger partial charge in [-0.25, -0.2) is 0 Å². The summed E-state index contributed by atoms with van der Waals surface area (Å²) < 4.78 is 10.8. The molecule has 0 aliphatic heterocycles. The van der Waals surface area contributed by atoms with Crippen molar-refractivity contribution in [1.29, 1.82) is 0 Å². The van der Waals surface area contributed by atoms with Crippen LogP contribution < -0.4 is 9.47 Å². The number of hydrogen-bond donors (Lipinski definition) is 0. The molecule has 0 unspecified atom stereocenters. The topological polar surface area (TPSA) is 35.5 Å². The fourth-order valence-electron chi connectivity index (χ4n) is 1.35. The average Bonchev–Trinajstić information content (AvgIpc) is 2.29. The van der Waals surface area contributed by atoms with Gasteiger partial charge in [0.25, 0.3) is 0 Å². The lowest BCUT2D eigenvalue weighted by atomic mass is 10.2. The molecule has 3 heteroatoms. The van der Waals surface area contributed by atoms with Gasteiger partial charge < -0.3 is 9.47 Å². The van der Waals surface area contributed by atoms with Crippen molar-refractivity contribution in [3.63, 3.8) is 0 Å². The molecule has 0 saturated heterocycles. The molecule has 0 aliphatic carbocycles. The Kier molecular flexibility index (Phi) is 5.40. The van der Waals surface area contributed by atoms with Crippen LogP contribution in [-0.4, -0.2) is 19.0 Å². The Hall–Kier alpha value is -1.51. The summed E-state index contributed by atoms with van der Waals surface area (Å²) in [6, 6.07) is 7.39. The highest BCUT2D eigenvalue weighted by atomic mass is 16.5. The Morgan fingerprint density at radius 2 is 1.75 bits per heavy atom. The van der Waals surface area contributed by atoms with Crippen LogP contribution in [0.25, 0.3) is 0 Å². The molecular weight excluding hydrogens is 204 g/mol. The maximum atomic E-state index is 11.3. The summed E-state index contributed by atoms with van der Waals surface area (Å²) in [5.41, 5.74) is 0. The predicted molar refractivity (Wildman–Crippen MR) is 63.0 cm³/mol. The van der Waals surface area contributed by atoms with Crippen molar-refractivity contribution < 1.29 is 14.3 Å². The van der Waals surface area contributed by atoms with Gasteiger partial charge >= 0.3 is 0 Å². The summed E-state index contributed by atoms with van der Waals surface area (Å²) in [6.45, 7) is 4.60. The second kappa shape index (κ2) is 6.88. The molecule has 0 radical (unpaired) electrons. The zero-order chi connectivity index (χ0) is 11.8. The molecule has 0 amide bonds. The highest BCUT2D eigenvalue weighted by Gasteiger charge is 2.06. The van der Waals surface area contributed by atoms with Crippen LogP contribution in [-0.2, 0) is 4.79 Å². The van der Waals surface area contributed by atoms with Gasteiger partial charge in [-0.05, 0) is 25.5 Å². The third-order valence-electron chi connectivity index (χ3n) is 2.07. The first-order valence-corrected chi connectivity index (χ1v) is 5.64. The van der Waals surface area contributed by atoms with E-state index < -0.39 is 0 Å². The standard InChI is InChI=1S/C13H18O3/c1-3-7-11(14)10-16-13-9-6-5-8-12(13)15-4-2/h5-6,8-9H,3-4,7,10H2,1-2H3. The molecule has 0 aliphatic rings. The first-order chi connectivity index (χ1) is 7.77. The average molecular weight is 222 g/mol. The lowest BCUT2D eigenvalue weighted by Crippen LogP contribution is -2.11. The van der Waals surface area contributed by atoms with Gasteiger partial charge in [0.1, 0.15) is 6.61 Å². The van der Waals surface area contributed by atoms with Gasteiger partial charge in [0.2, 0.25) is 0 Å². The lowest BCUT2D eigenvalue weighted by Gasteiger charge is -2.10. The molecule has 1 aromatic rings. The molecule has 1 rings (SSSR count). The fraction of sp³-hybridized carbons (Fsp3) is 0.462. The first-order valence-electron chi connectivity index (χ1n) is 5.64. The van der Waals surface area contributed by atoms with Gasteiger partial charge in [0, 0.05) is 6.42 Å². The highest BCUT2D eigenvalue weighted by Crippen LogP contribution is 2.26. The van der Waals surface area contributed by atoms with Crippen molar-refractivity contribution in [1.82, 2.24) is 0 Å². The van der Waals surface area contributed by atoms with Crippen LogP contribution in [0.4, 0.5) is 0 Å². The summed E-state index contributed by atoms with van der Waals surface area (Å²) in [5, 5.41) is 0. The molecule has 0 saturated carbocycles. The summed E-state index contributed by atoms with van der Waals surface area (Å²) >= 11 is 0. The molecule has 0 atom stereocenters. The normalized spacial score (nSPS) is 9.88. The van der Waals surface area contributed by atoms with Gasteiger partial charge in [0.15, 0.2) is 17.3 Å². The van der Waals surface area contributed by atoms with Crippen molar-refractivity contribution in [3.05, 3.63) is 24.3 Å². The maximum Gasteiger partial charge on any atom is 0.170 e. The number of para-hydroxylation sites is 2. The molecule has 0 fully saturated rings. The summed E-state index contributed by atoms with van der Waals surface area (Å²) in [4.78, 5) is 11.3. The Morgan fingerprint density at radius 1 is 1.12 bits per heavy atom. The van der Waals surface area contributed by atoms with E-state index in [1.54, 1.807) is 0 Å². The number of ether oxygens (including phenoxy) is 2. The lowest BCUT2D eigenvalue weighted by molar-refractivity contribution is -0.121. The number of carbonyl (C=O) groups is 1. The van der Waals surface area contributed by atoms with Crippen molar-refractivity contribution in [3.8, 4) is 11.5 Å². The van der Waals surface area contributed by atoms with Crippen molar-refractivity contribution in [2.45, 2.75) is 26.7 Å². The van der Waals surface area contributed by atoms with Gasteiger partial charge in [0.05, 0.1) is 6.61 Å². The molecule has 0 spiro atoms. The van der Waals surface area contributed by atoms with Crippen LogP contribution in [0.3, 0.4) is 0 Å². The summed E-state index contributed by atoms with van der Waals surface area (Å²) in [5.74, 6) is 1.44. The van der Waals surface area contributed by atoms with E-state index >= 15 is 0 Å². The van der Waals surface area contributed by atoms with Crippen molar-refractivity contribution >= 4 is 5.78 Å². The molecular formula is C13H18O3. The maximum absolute atomic E-state index is 11.3. The highest BCUT2D eigenvalue weighted by molar-refractivity contribution is 5.79. The third-order valence-corrected chi connectivity index (χ3v) is 2.07. The molecule has 0 heterocycles. The number of benzene rings is 1. The van der Waals surface area contributed by atoms with Gasteiger partial charge in [-0.15, -0.1) is 0 Å². The van der Waals surface area contributed by atoms with E-state index in [-0.39, 0.29) is 12.4 Å². The van der Waals surface area contributed by atoms with E-state index in [0.29, 0.717) is 24.5 Å². The van der Waals surface area contributed by atoms with E-state index in [0.717, 1.165) is 6.42 Å². The smallest absolute Gasteiger partial charge is 0.170 e. The number of Topliss-reactive ketones (excluding diaryl/α,β-unsaturated/α-hetero) is 1. The molecule has 16 heavy (non-hydrogen) atoms. The largest absolute Gasteiger partial charge is 0.490 e. The van der Waals surface area contributed by atoms with E-state index in [1.165, 1.54) is 0 Å². The number of ketones is 1. The monoisotopic (exact) mass is 222 g/mol. The van der Waals surface area contributed by atoms with E-state index in [9.17, 15) is 4.79 Å². The predicted octanol–water partition coefficient (Wildman–Crippen LogP) is 2.83. The minimum Gasteiger partial charge on any atom is -0.490 e. The van der Waals surface area contributed by atoms with E-state index in [4.69, 9.17) is 9.47 Å². The van der Waals surface area contributed by atoms with Crippen molar-refractivity contribution in [2.24, 2.45) is 0 Å². The fourth-order valence-corrected chi connectivity index (χ4v) is 1.35. The number of carbonyl (C=O) groups excluding carboxylic acids is 1. The second-order valence-corrected chi connectivity index (χ2v) is 3.46. The zero-order valence-electron chi connectivity index (χ0n) is 9.86. The van der Waals surface area contributed by atoms with Crippen LogP contribution in [0.15, 0.2) is 24.3 Å². The van der Waals surface area contributed by atoms with Crippen LogP contribution in [0, 0.1) is 0 Å². The van der Waals surface area contributed by atoms with Crippen LogP contribution >= 0.6 is 0 Å². The Bertz CT molecular complexity index is 334. The quantitative estimate of drug-likeness (QED) is 0.711. The summed E-state index contributed by atoms with van der Waals surface area (Å²) in [6.07, 6.45) is 1.42. The Morgan fingerprint density at radius 3 is 2.31 bits per heavy atom. The Labute approximate surface area is 96.4 Å². The zero-order valence-corrected chi connectivity index (χ0v) is 9.86. The molecule has 88 valence electrons. The minimum atomic E-state index is 0.119. The molecule has 1 aromatic carbocycles. The minimum absolute atomic E-state index is 0.119. The van der Waals surface area contributed by atoms with E-state index in [2.05, 4.69) is 0 Å². The van der Waals surface area contributed by atoms with Crippen LogP contribution in [0.2, 0.25) is 0 Å². The summed E-state index contributed by atoms with van der Waals surface area (Å²) in [7, 11) is 0.